The summed E-state index contributed by atoms with van der Waals surface area (Å²) in [6, 6.07) is 14.4. The van der Waals surface area contributed by atoms with Gasteiger partial charge in [-0.15, -0.1) is 0 Å². The van der Waals surface area contributed by atoms with Crippen molar-refractivity contribution in [1.82, 2.24) is 4.90 Å². The third kappa shape index (κ3) is 6.95. The SMILES string of the molecule is CC(C)CCOc1cccc(NC(=O)CNc2ccc(C(=O)N(C)C)cc2)c1. The molecule has 0 aliphatic carbocycles. The molecule has 0 heterocycles. The summed E-state index contributed by atoms with van der Waals surface area (Å²) in [7, 11) is 3.42. The molecule has 28 heavy (non-hydrogen) atoms. The molecule has 2 rings (SSSR count). The molecule has 0 aliphatic rings. The highest BCUT2D eigenvalue weighted by Crippen LogP contribution is 2.18. The molecule has 0 saturated heterocycles. The molecule has 0 radical (unpaired) electrons. The highest BCUT2D eigenvalue weighted by Gasteiger charge is 2.08. The third-order valence-corrected chi connectivity index (χ3v) is 4.07. The van der Waals surface area contributed by atoms with Gasteiger partial charge in [0.25, 0.3) is 5.91 Å². The fraction of sp³-hybridized carbons (Fsp3) is 0.364. The van der Waals surface area contributed by atoms with E-state index in [9.17, 15) is 9.59 Å². The molecular weight excluding hydrogens is 354 g/mol. The minimum Gasteiger partial charge on any atom is -0.494 e. The molecule has 0 atom stereocenters. The van der Waals surface area contributed by atoms with E-state index >= 15 is 0 Å². The molecule has 0 spiro atoms. The Hall–Kier alpha value is -3.02. The Morgan fingerprint density at radius 2 is 1.75 bits per heavy atom. The van der Waals surface area contributed by atoms with Gasteiger partial charge in [-0.1, -0.05) is 19.9 Å². The first-order chi connectivity index (χ1) is 13.3. The molecule has 2 aromatic carbocycles. The number of hydrogen-bond donors (Lipinski definition) is 2. The summed E-state index contributed by atoms with van der Waals surface area (Å²) in [6.45, 7) is 5.09. The van der Waals surface area contributed by atoms with E-state index in [1.807, 2.05) is 24.3 Å². The zero-order valence-electron chi connectivity index (χ0n) is 17.0. The average Bonchev–Trinajstić information content (AvgIpc) is 2.66. The van der Waals surface area contributed by atoms with Crippen LogP contribution in [0.2, 0.25) is 0 Å². The second-order valence-corrected chi connectivity index (χ2v) is 7.24. The maximum Gasteiger partial charge on any atom is 0.253 e. The van der Waals surface area contributed by atoms with Gasteiger partial charge in [0.1, 0.15) is 5.75 Å². The Morgan fingerprint density at radius 1 is 1.04 bits per heavy atom. The lowest BCUT2D eigenvalue weighted by molar-refractivity contribution is -0.114. The number of rotatable bonds is 9. The summed E-state index contributed by atoms with van der Waals surface area (Å²) in [5.74, 6) is 1.11. The predicted octanol–water partition coefficient (Wildman–Crippen LogP) is 3.86. The average molecular weight is 383 g/mol. The van der Waals surface area contributed by atoms with Gasteiger partial charge in [0.15, 0.2) is 0 Å². The lowest BCUT2D eigenvalue weighted by atomic mass is 10.1. The molecule has 2 amide bonds. The van der Waals surface area contributed by atoms with Crippen LogP contribution < -0.4 is 15.4 Å². The summed E-state index contributed by atoms with van der Waals surface area (Å²) in [4.78, 5) is 25.6. The van der Waals surface area contributed by atoms with Crippen molar-refractivity contribution < 1.29 is 14.3 Å². The minimum atomic E-state index is -0.159. The van der Waals surface area contributed by atoms with Gasteiger partial charge < -0.3 is 20.3 Å². The maximum atomic E-state index is 12.2. The van der Waals surface area contributed by atoms with E-state index in [0.29, 0.717) is 23.8 Å². The predicted molar refractivity (Wildman–Crippen MR) is 113 cm³/mol. The summed E-state index contributed by atoms with van der Waals surface area (Å²) in [5.41, 5.74) is 2.08. The van der Waals surface area contributed by atoms with Crippen molar-refractivity contribution in [2.45, 2.75) is 20.3 Å². The highest BCUT2D eigenvalue weighted by molar-refractivity contribution is 5.95. The van der Waals surface area contributed by atoms with Crippen LogP contribution in [-0.2, 0) is 4.79 Å². The minimum absolute atomic E-state index is 0.0558. The fourth-order valence-corrected chi connectivity index (χ4v) is 2.45. The fourth-order valence-electron chi connectivity index (χ4n) is 2.45. The van der Waals surface area contributed by atoms with Crippen LogP contribution in [0.15, 0.2) is 48.5 Å². The van der Waals surface area contributed by atoms with Crippen LogP contribution in [0.25, 0.3) is 0 Å². The number of anilines is 2. The Kier molecular flexibility index (Phi) is 7.87. The van der Waals surface area contributed by atoms with Crippen molar-refractivity contribution >= 4 is 23.2 Å². The number of hydrogen-bond acceptors (Lipinski definition) is 4. The molecule has 0 saturated carbocycles. The van der Waals surface area contributed by atoms with Gasteiger partial charge >= 0.3 is 0 Å². The number of carbonyl (C=O) groups is 2. The Bertz CT molecular complexity index is 786. The van der Waals surface area contributed by atoms with E-state index in [1.165, 1.54) is 4.90 Å². The monoisotopic (exact) mass is 383 g/mol. The Morgan fingerprint density at radius 3 is 2.39 bits per heavy atom. The second-order valence-electron chi connectivity index (χ2n) is 7.24. The van der Waals surface area contributed by atoms with Crippen molar-refractivity contribution in [1.29, 1.82) is 0 Å². The largest absolute Gasteiger partial charge is 0.494 e. The molecule has 6 heteroatoms. The zero-order valence-corrected chi connectivity index (χ0v) is 17.0. The number of nitrogens with zero attached hydrogens (tertiary/aromatic N) is 1. The maximum absolute atomic E-state index is 12.2. The lowest BCUT2D eigenvalue weighted by Gasteiger charge is -2.12. The molecule has 0 aliphatic heterocycles. The van der Waals surface area contributed by atoms with Crippen LogP contribution in [0.5, 0.6) is 5.75 Å². The van der Waals surface area contributed by atoms with Crippen molar-refractivity contribution in [3.05, 3.63) is 54.1 Å². The molecule has 0 aromatic heterocycles. The summed E-state index contributed by atoms with van der Waals surface area (Å²) in [6.07, 6.45) is 0.986. The van der Waals surface area contributed by atoms with Crippen molar-refractivity contribution in [2.75, 3.05) is 37.9 Å². The van der Waals surface area contributed by atoms with Gasteiger partial charge in [0.2, 0.25) is 5.91 Å². The first kappa shape index (κ1) is 21.3. The van der Waals surface area contributed by atoms with Crippen LogP contribution in [0.4, 0.5) is 11.4 Å². The van der Waals surface area contributed by atoms with Gasteiger partial charge in [0, 0.05) is 37.1 Å². The quantitative estimate of drug-likeness (QED) is 0.690. The van der Waals surface area contributed by atoms with Gasteiger partial charge in [-0.2, -0.15) is 0 Å². The highest BCUT2D eigenvalue weighted by atomic mass is 16.5. The van der Waals surface area contributed by atoms with Crippen molar-refractivity contribution in [3.8, 4) is 5.75 Å². The van der Waals surface area contributed by atoms with Gasteiger partial charge in [0.05, 0.1) is 13.2 Å². The van der Waals surface area contributed by atoms with Crippen molar-refractivity contribution in [3.63, 3.8) is 0 Å². The first-order valence-corrected chi connectivity index (χ1v) is 9.43. The number of benzene rings is 2. The summed E-state index contributed by atoms with van der Waals surface area (Å²) in [5, 5.41) is 5.91. The molecular formula is C22H29N3O3. The number of carbonyl (C=O) groups excluding carboxylic acids is 2. The van der Waals surface area contributed by atoms with Crippen LogP contribution in [-0.4, -0.2) is 44.0 Å². The molecule has 0 bridgehead atoms. The molecule has 2 N–H and O–H groups in total. The van der Waals surface area contributed by atoms with E-state index in [4.69, 9.17) is 4.74 Å². The first-order valence-electron chi connectivity index (χ1n) is 9.43. The van der Waals surface area contributed by atoms with E-state index in [0.717, 1.165) is 17.9 Å². The Labute approximate surface area is 166 Å². The van der Waals surface area contributed by atoms with E-state index < -0.39 is 0 Å². The lowest BCUT2D eigenvalue weighted by Crippen LogP contribution is -2.22. The molecule has 0 unspecified atom stereocenters. The molecule has 150 valence electrons. The topological polar surface area (TPSA) is 70.7 Å². The smallest absolute Gasteiger partial charge is 0.253 e. The number of amides is 2. The summed E-state index contributed by atoms with van der Waals surface area (Å²) < 4.78 is 5.72. The molecule has 6 nitrogen and oxygen atoms in total. The van der Waals surface area contributed by atoms with Crippen LogP contribution in [0, 0.1) is 5.92 Å². The van der Waals surface area contributed by atoms with Gasteiger partial charge in [-0.3, -0.25) is 9.59 Å². The van der Waals surface area contributed by atoms with Crippen molar-refractivity contribution in [2.24, 2.45) is 5.92 Å². The van der Waals surface area contributed by atoms with E-state index in [-0.39, 0.29) is 18.4 Å². The van der Waals surface area contributed by atoms with Crippen LogP contribution in [0.3, 0.4) is 0 Å². The Balaban J connectivity index is 1.83. The van der Waals surface area contributed by atoms with E-state index in [2.05, 4.69) is 24.5 Å². The zero-order chi connectivity index (χ0) is 20.5. The number of nitrogens with one attached hydrogen (secondary N) is 2. The van der Waals surface area contributed by atoms with Crippen LogP contribution in [0.1, 0.15) is 30.6 Å². The second kappa shape index (κ2) is 10.3. The third-order valence-electron chi connectivity index (χ3n) is 4.07. The normalized spacial score (nSPS) is 10.5. The molecule has 2 aromatic rings. The van der Waals surface area contributed by atoms with Gasteiger partial charge in [-0.05, 0) is 48.7 Å². The van der Waals surface area contributed by atoms with E-state index in [1.54, 1.807) is 38.4 Å². The van der Waals surface area contributed by atoms with Crippen LogP contribution >= 0.6 is 0 Å². The standard InChI is InChI=1S/C22H29N3O3/c1-16(2)12-13-28-20-7-5-6-19(14-20)24-21(26)15-23-18-10-8-17(9-11-18)22(27)25(3)4/h5-11,14,16,23H,12-13,15H2,1-4H3,(H,24,26). The number of ether oxygens (including phenoxy) is 1. The molecule has 0 fully saturated rings. The van der Waals surface area contributed by atoms with Gasteiger partial charge in [-0.25, -0.2) is 0 Å². The summed E-state index contributed by atoms with van der Waals surface area (Å²) >= 11 is 0.